The highest BCUT2D eigenvalue weighted by Crippen LogP contribution is 2.33. The van der Waals surface area contributed by atoms with Crippen LogP contribution in [-0.2, 0) is 10.0 Å². The van der Waals surface area contributed by atoms with Crippen LogP contribution >= 0.6 is 0 Å². The summed E-state index contributed by atoms with van der Waals surface area (Å²) in [6.07, 6.45) is 2.95. The Balaban J connectivity index is 2.46. The van der Waals surface area contributed by atoms with Gasteiger partial charge in [-0.1, -0.05) is 13.8 Å². The Hall–Kier alpha value is -2.52. The summed E-state index contributed by atoms with van der Waals surface area (Å²) in [6.45, 7) is 3.96. The van der Waals surface area contributed by atoms with Crippen LogP contribution in [0.15, 0.2) is 47.6 Å². The van der Waals surface area contributed by atoms with E-state index in [0.29, 0.717) is 5.75 Å². The first kappa shape index (κ1) is 17.8. The Morgan fingerprint density at radius 1 is 1.25 bits per heavy atom. The van der Waals surface area contributed by atoms with Crippen LogP contribution in [0.5, 0.6) is 11.5 Å². The van der Waals surface area contributed by atoms with Gasteiger partial charge in [-0.05, 0) is 24.3 Å². The molecule has 0 spiro atoms. The molecule has 8 nitrogen and oxygen atoms in total. The molecule has 2 aromatic rings. The van der Waals surface area contributed by atoms with Gasteiger partial charge in [0.05, 0.1) is 16.0 Å². The number of nitro benzene ring substituents is 1. The van der Waals surface area contributed by atoms with Crippen molar-refractivity contribution in [3.63, 3.8) is 0 Å². The van der Waals surface area contributed by atoms with E-state index in [1.54, 1.807) is 32.2 Å². The van der Waals surface area contributed by atoms with Gasteiger partial charge in [0.25, 0.3) is 0 Å². The van der Waals surface area contributed by atoms with Crippen LogP contribution in [0.1, 0.15) is 13.8 Å². The van der Waals surface area contributed by atoms with Crippen molar-refractivity contribution in [2.45, 2.75) is 18.7 Å². The summed E-state index contributed by atoms with van der Waals surface area (Å²) in [5.74, 6) is 0.270. The lowest BCUT2D eigenvalue weighted by Gasteiger charge is -2.18. The number of benzene rings is 1. The quantitative estimate of drug-likeness (QED) is 0.561. The summed E-state index contributed by atoms with van der Waals surface area (Å²) >= 11 is 0. The molecular formula is C15H17N3O5S. The van der Waals surface area contributed by atoms with Gasteiger partial charge in [-0.15, -0.1) is 0 Å². The van der Waals surface area contributed by atoms with E-state index in [1.807, 2.05) is 0 Å². The first-order valence-electron chi connectivity index (χ1n) is 7.26. The molecule has 0 saturated heterocycles. The van der Waals surface area contributed by atoms with Crippen LogP contribution in [0.2, 0.25) is 0 Å². The van der Waals surface area contributed by atoms with Crippen molar-refractivity contribution in [3.05, 3.63) is 52.8 Å². The van der Waals surface area contributed by atoms with Gasteiger partial charge >= 0.3 is 5.69 Å². The molecule has 0 fully saturated rings. The maximum Gasteiger partial charge on any atom is 0.312 e. The van der Waals surface area contributed by atoms with Gasteiger partial charge in [0.2, 0.25) is 15.8 Å². The monoisotopic (exact) mass is 351 g/mol. The van der Waals surface area contributed by atoms with Crippen molar-refractivity contribution in [1.82, 2.24) is 9.29 Å². The predicted molar refractivity (Wildman–Crippen MR) is 87.5 cm³/mol. The standard InChI is InChI=1S/C15H17N3O5S/c1-3-17(4-2)24(21,22)13-7-8-15(14(10-13)18(19)20)23-12-6-5-9-16-11-12/h5-11H,3-4H2,1-2H3. The third-order valence-electron chi connectivity index (χ3n) is 3.33. The number of hydrogen-bond acceptors (Lipinski definition) is 6. The number of rotatable bonds is 7. The molecule has 0 bridgehead atoms. The Morgan fingerprint density at radius 3 is 2.50 bits per heavy atom. The van der Waals surface area contributed by atoms with E-state index in [9.17, 15) is 18.5 Å². The molecule has 1 aromatic carbocycles. The van der Waals surface area contributed by atoms with Crippen LogP contribution in [0.25, 0.3) is 0 Å². The molecule has 0 atom stereocenters. The SMILES string of the molecule is CCN(CC)S(=O)(=O)c1ccc(Oc2cccnc2)c([N+](=O)[O-])c1. The number of nitrogens with zero attached hydrogens (tertiary/aromatic N) is 3. The van der Waals surface area contributed by atoms with E-state index in [4.69, 9.17) is 4.74 Å². The molecule has 2 rings (SSSR count). The molecule has 1 heterocycles. The van der Waals surface area contributed by atoms with Crippen molar-refractivity contribution in [2.24, 2.45) is 0 Å². The first-order chi connectivity index (χ1) is 11.4. The molecule has 0 aliphatic carbocycles. The van der Waals surface area contributed by atoms with E-state index in [1.165, 1.54) is 22.6 Å². The zero-order chi connectivity index (χ0) is 17.7. The second-order valence-corrected chi connectivity index (χ2v) is 6.70. The summed E-state index contributed by atoms with van der Waals surface area (Å²) in [5, 5.41) is 11.3. The highest BCUT2D eigenvalue weighted by Gasteiger charge is 2.26. The molecule has 0 radical (unpaired) electrons. The topological polar surface area (TPSA) is 103 Å². The zero-order valence-corrected chi connectivity index (χ0v) is 14.1. The van der Waals surface area contributed by atoms with Crippen LogP contribution in [0.4, 0.5) is 5.69 Å². The summed E-state index contributed by atoms with van der Waals surface area (Å²) in [6, 6.07) is 6.81. The molecular weight excluding hydrogens is 334 g/mol. The molecule has 1 aromatic heterocycles. The molecule has 0 amide bonds. The summed E-state index contributed by atoms with van der Waals surface area (Å²) in [7, 11) is -3.79. The number of aromatic nitrogens is 1. The number of pyridine rings is 1. The minimum Gasteiger partial charge on any atom is -0.449 e. The second-order valence-electron chi connectivity index (χ2n) is 4.77. The van der Waals surface area contributed by atoms with Gasteiger partial charge in [-0.25, -0.2) is 8.42 Å². The Morgan fingerprint density at radius 2 is 1.96 bits per heavy atom. The third-order valence-corrected chi connectivity index (χ3v) is 5.38. The fraction of sp³-hybridized carbons (Fsp3) is 0.267. The highest BCUT2D eigenvalue weighted by molar-refractivity contribution is 7.89. The zero-order valence-electron chi connectivity index (χ0n) is 13.2. The number of hydrogen-bond donors (Lipinski definition) is 0. The Kier molecular flexibility index (Phi) is 5.47. The van der Waals surface area contributed by atoms with Crippen molar-refractivity contribution in [3.8, 4) is 11.5 Å². The van der Waals surface area contributed by atoms with E-state index >= 15 is 0 Å². The lowest BCUT2D eigenvalue weighted by molar-refractivity contribution is -0.385. The van der Waals surface area contributed by atoms with E-state index in [-0.39, 0.29) is 23.7 Å². The lowest BCUT2D eigenvalue weighted by Crippen LogP contribution is -2.30. The largest absolute Gasteiger partial charge is 0.449 e. The fourth-order valence-electron chi connectivity index (χ4n) is 2.13. The van der Waals surface area contributed by atoms with Gasteiger partial charge in [-0.2, -0.15) is 4.31 Å². The Labute approximate surface area is 139 Å². The van der Waals surface area contributed by atoms with Gasteiger partial charge in [0.1, 0.15) is 5.75 Å². The number of ether oxygens (including phenoxy) is 1. The van der Waals surface area contributed by atoms with Crippen molar-refractivity contribution < 1.29 is 18.1 Å². The van der Waals surface area contributed by atoms with Gasteiger partial charge in [0.15, 0.2) is 0 Å². The molecule has 0 unspecified atom stereocenters. The average Bonchev–Trinajstić information content (AvgIpc) is 2.56. The normalized spacial score (nSPS) is 11.5. The van der Waals surface area contributed by atoms with E-state index in [2.05, 4.69) is 4.98 Å². The average molecular weight is 351 g/mol. The smallest absolute Gasteiger partial charge is 0.312 e. The predicted octanol–water partition coefficient (Wildman–Crippen LogP) is 2.81. The summed E-state index contributed by atoms with van der Waals surface area (Å²) in [5.41, 5.74) is -0.424. The minimum atomic E-state index is -3.79. The van der Waals surface area contributed by atoms with Crippen molar-refractivity contribution in [2.75, 3.05) is 13.1 Å². The first-order valence-corrected chi connectivity index (χ1v) is 8.70. The van der Waals surface area contributed by atoms with Crippen molar-refractivity contribution in [1.29, 1.82) is 0 Å². The molecule has 0 N–H and O–H groups in total. The van der Waals surface area contributed by atoms with Crippen LogP contribution in [0, 0.1) is 10.1 Å². The third kappa shape index (κ3) is 3.69. The maximum atomic E-state index is 12.5. The molecule has 0 aliphatic rings. The molecule has 9 heteroatoms. The maximum absolute atomic E-state index is 12.5. The van der Waals surface area contributed by atoms with E-state index < -0.39 is 20.6 Å². The summed E-state index contributed by atoms with van der Waals surface area (Å²) in [4.78, 5) is 14.3. The van der Waals surface area contributed by atoms with Crippen LogP contribution in [0.3, 0.4) is 0 Å². The fourth-order valence-corrected chi connectivity index (χ4v) is 3.61. The van der Waals surface area contributed by atoms with Gasteiger partial charge in [-0.3, -0.25) is 15.1 Å². The minimum absolute atomic E-state index is 0.0495. The van der Waals surface area contributed by atoms with Crippen molar-refractivity contribution >= 4 is 15.7 Å². The summed E-state index contributed by atoms with van der Waals surface area (Å²) < 4.78 is 31.7. The van der Waals surface area contributed by atoms with Gasteiger partial charge in [0, 0.05) is 25.4 Å². The molecule has 128 valence electrons. The lowest BCUT2D eigenvalue weighted by atomic mass is 10.3. The van der Waals surface area contributed by atoms with Gasteiger partial charge < -0.3 is 4.74 Å². The molecule has 0 saturated carbocycles. The molecule has 0 aliphatic heterocycles. The molecule has 24 heavy (non-hydrogen) atoms. The second kappa shape index (κ2) is 7.37. The number of sulfonamides is 1. The number of nitro groups is 1. The highest BCUT2D eigenvalue weighted by atomic mass is 32.2. The Bertz CT molecular complexity index is 820. The van der Waals surface area contributed by atoms with E-state index in [0.717, 1.165) is 6.07 Å². The van der Waals surface area contributed by atoms with Crippen LogP contribution in [-0.4, -0.2) is 35.7 Å². The van der Waals surface area contributed by atoms with Crippen LogP contribution < -0.4 is 4.74 Å².